The van der Waals surface area contributed by atoms with E-state index in [0.29, 0.717) is 16.5 Å². The van der Waals surface area contributed by atoms with E-state index in [2.05, 4.69) is 15.9 Å². The molecule has 0 bridgehead atoms. The number of hydrogen-bond acceptors (Lipinski definition) is 4. The van der Waals surface area contributed by atoms with Gasteiger partial charge >= 0.3 is 0 Å². The van der Waals surface area contributed by atoms with Gasteiger partial charge in [-0.1, -0.05) is 39.7 Å². The molecular formula is C19H16BrClO4S. The van der Waals surface area contributed by atoms with Crippen LogP contribution in [0.1, 0.15) is 18.6 Å². The molecule has 0 radical (unpaired) electrons. The molecule has 1 unspecified atom stereocenters. The molecule has 7 heteroatoms. The van der Waals surface area contributed by atoms with E-state index in [4.69, 9.17) is 21.1 Å². The normalized spacial score (nSPS) is 17.2. The molecule has 3 rings (SSSR count). The van der Waals surface area contributed by atoms with E-state index in [0.717, 1.165) is 15.8 Å². The van der Waals surface area contributed by atoms with Crippen LogP contribution in [0.4, 0.5) is 0 Å². The summed E-state index contributed by atoms with van der Waals surface area (Å²) in [5, 5.41) is 0.470. The van der Waals surface area contributed by atoms with Crippen LogP contribution in [-0.4, -0.2) is 14.7 Å². The molecule has 0 N–H and O–H groups in total. The first-order valence-electron chi connectivity index (χ1n) is 7.72. The van der Waals surface area contributed by atoms with Gasteiger partial charge in [-0.15, -0.1) is 0 Å². The first-order valence-corrected chi connectivity index (χ1v) is 10.8. The van der Waals surface area contributed by atoms with Crippen molar-refractivity contribution in [1.82, 2.24) is 0 Å². The molecule has 1 heterocycles. The molecule has 136 valence electrons. The lowest BCUT2D eigenvalue weighted by Crippen LogP contribution is -2.14. The van der Waals surface area contributed by atoms with Gasteiger partial charge < -0.3 is 9.47 Å². The monoisotopic (exact) mass is 454 g/mol. The van der Waals surface area contributed by atoms with Gasteiger partial charge in [0.15, 0.2) is 15.9 Å². The Labute approximate surface area is 166 Å². The molecule has 1 aliphatic heterocycles. The van der Waals surface area contributed by atoms with Crippen molar-refractivity contribution in [3.63, 3.8) is 0 Å². The number of benzene rings is 2. The van der Waals surface area contributed by atoms with E-state index in [9.17, 15) is 8.42 Å². The number of allylic oxidation sites excluding steroid dienone is 3. The smallest absolute Gasteiger partial charge is 0.181 e. The average Bonchev–Trinajstić information content (AvgIpc) is 2.58. The standard InChI is InChI=1S/C19H16BrClO4S/c1-12-3-9-18(25-17-10-6-14(20)11-16(17)21)19(24-12)13-4-7-15(8-5-13)26(2,22)23/h3-11,19H,1-2H3. The van der Waals surface area contributed by atoms with Crippen molar-refractivity contribution in [3.05, 3.63) is 81.2 Å². The summed E-state index contributed by atoms with van der Waals surface area (Å²) >= 11 is 9.60. The zero-order chi connectivity index (χ0) is 18.9. The summed E-state index contributed by atoms with van der Waals surface area (Å²) in [5.41, 5.74) is 0.782. The molecule has 0 saturated carbocycles. The minimum Gasteiger partial charge on any atom is -0.482 e. The van der Waals surface area contributed by atoms with Crippen molar-refractivity contribution in [2.75, 3.05) is 6.26 Å². The second-order valence-electron chi connectivity index (χ2n) is 5.86. The third-order valence-electron chi connectivity index (χ3n) is 3.78. The first kappa shape index (κ1) is 19.0. The van der Waals surface area contributed by atoms with Crippen LogP contribution in [0.15, 0.2) is 75.5 Å². The zero-order valence-corrected chi connectivity index (χ0v) is 17.2. The Hall–Kier alpha value is -1.76. The van der Waals surface area contributed by atoms with Crippen LogP contribution in [0.2, 0.25) is 5.02 Å². The Morgan fingerprint density at radius 3 is 2.42 bits per heavy atom. The molecule has 0 spiro atoms. The number of sulfone groups is 1. The predicted octanol–water partition coefficient (Wildman–Crippen LogP) is 5.44. The van der Waals surface area contributed by atoms with Crippen molar-refractivity contribution in [1.29, 1.82) is 0 Å². The molecule has 26 heavy (non-hydrogen) atoms. The molecule has 4 nitrogen and oxygen atoms in total. The van der Waals surface area contributed by atoms with Gasteiger partial charge in [-0.25, -0.2) is 8.42 Å². The highest BCUT2D eigenvalue weighted by Gasteiger charge is 2.24. The van der Waals surface area contributed by atoms with Gasteiger partial charge in [-0.05, 0) is 49.4 Å². The molecule has 2 aromatic carbocycles. The molecule has 0 aromatic heterocycles. The Morgan fingerprint density at radius 2 is 1.81 bits per heavy atom. The highest BCUT2D eigenvalue weighted by molar-refractivity contribution is 9.10. The van der Waals surface area contributed by atoms with Crippen molar-refractivity contribution in [2.24, 2.45) is 0 Å². The minimum atomic E-state index is -3.25. The van der Waals surface area contributed by atoms with E-state index in [-0.39, 0.29) is 4.90 Å². The third-order valence-corrected chi connectivity index (χ3v) is 5.69. The zero-order valence-electron chi connectivity index (χ0n) is 14.1. The highest BCUT2D eigenvalue weighted by atomic mass is 79.9. The predicted molar refractivity (Wildman–Crippen MR) is 105 cm³/mol. The van der Waals surface area contributed by atoms with E-state index in [1.54, 1.807) is 36.4 Å². The SMILES string of the molecule is CC1=CC=C(Oc2ccc(Br)cc2Cl)C(c2ccc(S(C)(=O)=O)cc2)O1. The molecule has 0 fully saturated rings. The van der Waals surface area contributed by atoms with E-state index >= 15 is 0 Å². The molecule has 0 saturated heterocycles. The minimum absolute atomic E-state index is 0.256. The summed E-state index contributed by atoms with van der Waals surface area (Å²) in [5.74, 6) is 1.80. The second-order valence-corrected chi connectivity index (χ2v) is 9.20. The van der Waals surface area contributed by atoms with Crippen LogP contribution >= 0.6 is 27.5 Å². The van der Waals surface area contributed by atoms with Crippen molar-refractivity contribution in [3.8, 4) is 5.75 Å². The largest absolute Gasteiger partial charge is 0.482 e. The number of halogens is 2. The van der Waals surface area contributed by atoms with E-state index < -0.39 is 15.9 Å². The van der Waals surface area contributed by atoms with Crippen molar-refractivity contribution in [2.45, 2.75) is 17.9 Å². The summed E-state index contributed by atoms with van der Waals surface area (Å²) in [6.07, 6.45) is 4.32. The number of rotatable bonds is 4. The molecule has 2 aromatic rings. The Kier molecular flexibility index (Phi) is 5.46. The Bertz CT molecular complexity index is 995. The van der Waals surface area contributed by atoms with Crippen LogP contribution < -0.4 is 4.74 Å². The average molecular weight is 456 g/mol. The molecule has 0 amide bonds. The first-order chi connectivity index (χ1) is 12.2. The van der Waals surface area contributed by atoms with Crippen molar-refractivity contribution >= 4 is 37.4 Å². The van der Waals surface area contributed by atoms with Gasteiger partial charge in [-0.3, -0.25) is 0 Å². The molecule has 1 atom stereocenters. The third kappa shape index (κ3) is 4.31. The number of hydrogen-bond donors (Lipinski definition) is 0. The summed E-state index contributed by atoms with van der Waals surface area (Å²) in [6.45, 7) is 1.84. The van der Waals surface area contributed by atoms with Crippen LogP contribution in [0.25, 0.3) is 0 Å². The molecular weight excluding hydrogens is 440 g/mol. The van der Waals surface area contributed by atoms with Crippen LogP contribution in [-0.2, 0) is 14.6 Å². The summed E-state index contributed by atoms with van der Waals surface area (Å²) in [4.78, 5) is 0.256. The molecule has 1 aliphatic rings. The van der Waals surface area contributed by atoms with Gasteiger partial charge in [-0.2, -0.15) is 0 Å². The van der Waals surface area contributed by atoms with Gasteiger partial charge in [0.05, 0.1) is 15.7 Å². The second kappa shape index (κ2) is 7.47. The van der Waals surface area contributed by atoms with E-state index in [1.807, 2.05) is 25.1 Å². The fourth-order valence-corrected chi connectivity index (χ4v) is 3.81. The maximum Gasteiger partial charge on any atom is 0.181 e. The maximum absolute atomic E-state index is 11.6. The Morgan fingerprint density at radius 1 is 1.12 bits per heavy atom. The maximum atomic E-state index is 11.6. The Balaban J connectivity index is 1.92. The van der Waals surface area contributed by atoms with Crippen molar-refractivity contribution < 1.29 is 17.9 Å². The van der Waals surface area contributed by atoms with E-state index in [1.165, 1.54) is 6.26 Å². The van der Waals surface area contributed by atoms with Gasteiger partial charge in [0.2, 0.25) is 0 Å². The fourth-order valence-electron chi connectivity index (χ4n) is 2.46. The summed E-state index contributed by atoms with van der Waals surface area (Å²) in [7, 11) is -3.25. The molecule has 0 aliphatic carbocycles. The topological polar surface area (TPSA) is 52.6 Å². The van der Waals surface area contributed by atoms with Gasteiger partial charge in [0, 0.05) is 16.3 Å². The summed E-state index contributed by atoms with van der Waals surface area (Å²) < 4.78 is 36.0. The van der Waals surface area contributed by atoms with Gasteiger partial charge in [0.1, 0.15) is 11.5 Å². The lowest BCUT2D eigenvalue weighted by atomic mass is 10.1. The quantitative estimate of drug-likeness (QED) is 0.615. The number of ether oxygens (including phenoxy) is 2. The highest BCUT2D eigenvalue weighted by Crippen LogP contribution is 2.36. The van der Waals surface area contributed by atoms with Gasteiger partial charge in [0.25, 0.3) is 0 Å². The summed E-state index contributed by atoms with van der Waals surface area (Å²) in [6, 6.07) is 11.9. The van der Waals surface area contributed by atoms with Crippen LogP contribution in [0.5, 0.6) is 5.75 Å². The fraction of sp³-hybridized carbons (Fsp3) is 0.158. The lowest BCUT2D eigenvalue weighted by Gasteiger charge is -2.26. The van der Waals surface area contributed by atoms with Crippen LogP contribution in [0.3, 0.4) is 0 Å². The van der Waals surface area contributed by atoms with Crippen LogP contribution in [0, 0.1) is 0 Å². The lowest BCUT2D eigenvalue weighted by molar-refractivity contribution is 0.107.